The third-order valence-electron chi connectivity index (χ3n) is 6.38. The number of methoxy groups -OCH3 is 1. The van der Waals surface area contributed by atoms with Crippen LogP contribution in [0.2, 0.25) is 0 Å². The van der Waals surface area contributed by atoms with Gasteiger partial charge in [-0.05, 0) is 54.8 Å². The molecule has 0 saturated carbocycles. The van der Waals surface area contributed by atoms with Crippen molar-refractivity contribution in [1.29, 1.82) is 0 Å². The van der Waals surface area contributed by atoms with Crippen LogP contribution in [0.4, 0.5) is 0 Å². The number of aryl methyl sites for hydroxylation is 1. The number of nitrogens with zero attached hydrogens (tertiary/aromatic N) is 2. The number of carbonyl (C=O) groups is 1. The molecule has 5 heteroatoms. The Bertz CT molecular complexity index is 1480. The molecule has 1 atom stereocenters. The monoisotopic (exact) mass is 487 g/mol. The summed E-state index contributed by atoms with van der Waals surface area (Å²) in [6, 6.07) is 37.6. The molecule has 5 nitrogen and oxygen atoms in total. The molecule has 1 heterocycles. The first-order valence-corrected chi connectivity index (χ1v) is 12.3. The topological polar surface area (TPSA) is 56.1 Å². The molecular formula is C32H29N3O2. The molecule has 0 saturated heterocycles. The molecule has 5 aromatic rings. The van der Waals surface area contributed by atoms with E-state index in [2.05, 4.69) is 17.4 Å². The number of ether oxygens (including phenoxy) is 1. The van der Waals surface area contributed by atoms with E-state index < -0.39 is 0 Å². The van der Waals surface area contributed by atoms with Crippen molar-refractivity contribution in [3.8, 4) is 22.7 Å². The lowest BCUT2D eigenvalue weighted by Gasteiger charge is -2.20. The first-order valence-electron chi connectivity index (χ1n) is 12.3. The minimum Gasteiger partial charge on any atom is -0.497 e. The number of amides is 1. The van der Waals surface area contributed by atoms with E-state index in [1.165, 1.54) is 0 Å². The molecule has 1 unspecified atom stereocenters. The van der Waals surface area contributed by atoms with Gasteiger partial charge >= 0.3 is 0 Å². The lowest BCUT2D eigenvalue weighted by molar-refractivity contribution is 0.0928. The Kier molecular flexibility index (Phi) is 7.13. The Morgan fingerprint density at radius 3 is 2.27 bits per heavy atom. The van der Waals surface area contributed by atoms with Crippen molar-refractivity contribution in [2.75, 3.05) is 7.11 Å². The fourth-order valence-corrected chi connectivity index (χ4v) is 4.37. The van der Waals surface area contributed by atoms with E-state index in [4.69, 9.17) is 9.84 Å². The van der Waals surface area contributed by atoms with Crippen LogP contribution in [0.25, 0.3) is 16.9 Å². The maximum Gasteiger partial charge on any atom is 0.270 e. The van der Waals surface area contributed by atoms with E-state index in [-0.39, 0.29) is 11.9 Å². The van der Waals surface area contributed by atoms with Crippen LogP contribution in [0.5, 0.6) is 5.75 Å². The summed E-state index contributed by atoms with van der Waals surface area (Å²) in [5.74, 6) is 0.549. The van der Waals surface area contributed by atoms with E-state index in [0.717, 1.165) is 33.7 Å². The summed E-state index contributed by atoms with van der Waals surface area (Å²) < 4.78 is 7.12. The van der Waals surface area contributed by atoms with E-state index in [1.54, 1.807) is 11.8 Å². The Morgan fingerprint density at radius 2 is 1.57 bits per heavy atom. The van der Waals surface area contributed by atoms with Gasteiger partial charge in [-0.2, -0.15) is 5.10 Å². The van der Waals surface area contributed by atoms with Crippen molar-refractivity contribution in [1.82, 2.24) is 15.1 Å². The lowest BCUT2D eigenvalue weighted by Crippen LogP contribution is -2.31. The molecule has 0 aliphatic carbocycles. The van der Waals surface area contributed by atoms with Crippen molar-refractivity contribution in [3.05, 3.63) is 138 Å². The highest BCUT2D eigenvalue weighted by Gasteiger charge is 2.22. The first-order chi connectivity index (χ1) is 18.1. The van der Waals surface area contributed by atoms with Gasteiger partial charge in [0.25, 0.3) is 5.91 Å². The molecule has 0 fully saturated rings. The molecule has 4 aromatic carbocycles. The van der Waals surface area contributed by atoms with Crippen LogP contribution in [-0.2, 0) is 6.42 Å². The predicted octanol–water partition coefficient (Wildman–Crippen LogP) is 6.57. The van der Waals surface area contributed by atoms with Crippen molar-refractivity contribution in [3.63, 3.8) is 0 Å². The third-order valence-corrected chi connectivity index (χ3v) is 6.38. The van der Waals surface area contributed by atoms with E-state index >= 15 is 0 Å². The molecule has 1 aromatic heterocycles. The Hall–Kier alpha value is -4.64. The van der Waals surface area contributed by atoms with Crippen LogP contribution in [0.15, 0.2) is 115 Å². The summed E-state index contributed by atoms with van der Waals surface area (Å²) >= 11 is 0. The Balaban J connectivity index is 1.53. The summed E-state index contributed by atoms with van der Waals surface area (Å²) in [5.41, 5.74) is 6.21. The van der Waals surface area contributed by atoms with Crippen LogP contribution in [0, 0.1) is 6.92 Å². The molecule has 0 aliphatic rings. The molecule has 5 rings (SSSR count). The number of nitrogens with one attached hydrogen (secondary N) is 1. The molecule has 37 heavy (non-hydrogen) atoms. The van der Waals surface area contributed by atoms with Gasteiger partial charge in [-0.1, -0.05) is 90.5 Å². The molecule has 0 bridgehead atoms. The molecule has 0 spiro atoms. The average molecular weight is 488 g/mol. The number of rotatable bonds is 8. The van der Waals surface area contributed by atoms with Crippen molar-refractivity contribution in [2.45, 2.75) is 19.4 Å². The highest BCUT2D eigenvalue weighted by atomic mass is 16.5. The highest BCUT2D eigenvalue weighted by molar-refractivity contribution is 5.94. The number of benzene rings is 4. The zero-order chi connectivity index (χ0) is 25.6. The van der Waals surface area contributed by atoms with Gasteiger partial charge in [-0.25, -0.2) is 4.68 Å². The Labute approximate surface area is 217 Å². The maximum atomic E-state index is 13.9. The second-order valence-corrected chi connectivity index (χ2v) is 9.02. The molecule has 1 amide bonds. The zero-order valence-corrected chi connectivity index (χ0v) is 21.0. The van der Waals surface area contributed by atoms with Gasteiger partial charge in [0.15, 0.2) is 0 Å². The van der Waals surface area contributed by atoms with Crippen molar-refractivity contribution >= 4 is 5.91 Å². The van der Waals surface area contributed by atoms with Gasteiger partial charge in [-0.15, -0.1) is 0 Å². The smallest absolute Gasteiger partial charge is 0.270 e. The van der Waals surface area contributed by atoms with Crippen LogP contribution in [0.1, 0.15) is 33.2 Å². The molecule has 0 radical (unpaired) electrons. The maximum absolute atomic E-state index is 13.9. The minimum atomic E-state index is -0.197. The van der Waals surface area contributed by atoms with Gasteiger partial charge in [-0.3, -0.25) is 4.79 Å². The third kappa shape index (κ3) is 5.62. The van der Waals surface area contributed by atoms with Crippen LogP contribution < -0.4 is 10.1 Å². The van der Waals surface area contributed by atoms with Gasteiger partial charge < -0.3 is 10.1 Å². The number of aromatic nitrogens is 2. The quantitative estimate of drug-likeness (QED) is 0.269. The van der Waals surface area contributed by atoms with Gasteiger partial charge in [0.05, 0.1) is 24.5 Å². The summed E-state index contributed by atoms with van der Waals surface area (Å²) in [4.78, 5) is 13.9. The number of hydrogen-bond donors (Lipinski definition) is 1. The SMILES string of the molecule is COc1cccc(-c2cc(C(=O)NC(Cc3ccccc3)c3ccccc3)n(-c3ccc(C)cc3)n2)c1. The second-order valence-electron chi connectivity index (χ2n) is 9.02. The fraction of sp³-hybridized carbons (Fsp3) is 0.125. The summed E-state index contributed by atoms with van der Waals surface area (Å²) in [6.07, 6.45) is 0.679. The van der Waals surface area contributed by atoms with E-state index in [1.807, 2.05) is 110 Å². The van der Waals surface area contributed by atoms with Crippen LogP contribution >= 0.6 is 0 Å². The average Bonchev–Trinajstić information content (AvgIpc) is 3.40. The molecule has 1 N–H and O–H groups in total. The fourth-order valence-electron chi connectivity index (χ4n) is 4.37. The van der Waals surface area contributed by atoms with E-state index in [9.17, 15) is 4.79 Å². The van der Waals surface area contributed by atoms with Crippen LogP contribution in [0.3, 0.4) is 0 Å². The first kappa shape index (κ1) is 24.1. The highest BCUT2D eigenvalue weighted by Crippen LogP contribution is 2.26. The summed E-state index contributed by atoms with van der Waals surface area (Å²) in [6.45, 7) is 2.04. The lowest BCUT2D eigenvalue weighted by atomic mass is 9.98. The van der Waals surface area contributed by atoms with Gasteiger partial charge in [0.1, 0.15) is 11.4 Å². The molecular weight excluding hydrogens is 458 g/mol. The number of carbonyl (C=O) groups excluding carboxylic acids is 1. The largest absolute Gasteiger partial charge is 0.497 e. The van der Waals surface area contributed by atoms with Gasteiger partial charge in [0, 0.05) is 5.56 Å². The van der Waals surface area contributed by atoms with Crippen molar-refractivity contribution in [2.24, 2.45) is 0 Å². The van der Waals surface area contributed by atoms with Crippen LogP contribution in [-0.4, -0.2) is 22.8 Å². The summed E-state index contributed by atoms with van der Waals surface area (Å²) in [7, 11) is 1.64. The van der Waals surface area contributed by atoms with E-state index in [0.29, 0.717) is 17.8 Å². The van der Waals surface area contributed by atoms with Crippen molar-refractivity contribution < 1.29 is 9.53 Å². The second kappa shape index (κ2) is 11.0. The normalized spacial score (nSPS) is 11.6. The zero-order valence-electron chi connectivity index (χ0n) is 21.0. The van der Waals surface area contributed by atoms with Gasteiger partial charge in [0.2, 0.25) is 0 Å². The predicted molar refractivity (Wildman–Crippen MR) is 147 cm³/mol. The summed E-state index contributed by atoms with van der Waals surface area (Å²) in [5, 5.41) is 8.12. The number of hydrogen-bond acceptors (Lipinski definition) is 3. The molecule has 184 valence electrons. The minimum absolute atomic E-state index is 0.188. The Morgan fingerprint density at radius 1 is 0.865 bits per heavy atom. The standard InChI is InChI=1S/C32H29N3O2/c1-23-16-18-27(19-17-23)35-31(22-30(34-35)26-14-9-15-28(21-26)37-2)32(36)33-29(25-12-7-4-8-13-25)20-24-10-5-3-6-11-24/h3-19,21-22,29H,20H2,1-2H3,(H,33,36). The molecule has 0 aliphatic heterocycles.